The van der Waals surface area contributed by atoms with Gasteiger partial charge >= 0.3 is 6.03 Å². The molecule has 1 aliphatic rings. The maximum absolute atomic E-state index is 11.7. The predicted octanol–water partition coefficient (Wildman–Crippen LogP) is 2.03. The first-order valence-corrected chi connectivity index (χ1v) is 6.83. The van der Waals surface area contributed by atoms with Gasteiger partial charge in [0.25, 0.3) is 0 Å². The lowest BCUT2D eigenvalue weighted by molar-refractivity contribution is 0.211. The minimum absolute atomic E-state index is 0.00558. The molecular weight excluding hydrogens is 216 g/mol. The molecule has 3 atom stereocenters. The van der Waals surface area contributed by atoms with Gasteiger partial charge in [-0.2, -0.15) is 0 Å². The highest BCUT2D eigenvalue weighted by molar-refractivity contribution is 5.74. The van der Waals surface area contributed by atoms with Crippen molar-refractivity contribution < 1.29 is 9.90 Å². The molecule has 0 aromatic rings. The minimum Gasteiger partial charge on any atom is -0.394 e. The predicted molar refractivity (Wildman–Crippen MR) is 68.9 cm³/mol. The average Bonchev–Trinajstić information content (AvgIpc) is 2.51. The second-order valence-electron chi connectivity index (χ2n) is 5.22. The minimum atomic E-state index is -0.134. The van der Waals surface area contributed by atoms with Crippen molar-refractivity contribution in [2.75, 3.05) is 6.61 Å². The standard InChI is InChI=1S/C13H26N2O2/c1-3-11(9-16)14-13(17)15-12-6-4-5-10(2)7-8-12/h10-12,16H,3-9H2,1-2H3,(H2,14,15,17)/t10-,11-,12+/m1/s1. The van der Waals surface area contributed by atoms with Crippen molar-refractivity contribution in [1.29, 1.82) is 0 Å². The Hall–Kier alpha value is -0.770. The second-order valence-corrected chi connectivity index (χ2v) is 5.22. The average molecular weight is 242 g/mol. The van der Waals surface area contributed by atoms with E-state index in [1.807, 2.05) is 6.92 Å². The molecular formula is C13H26N2O2. The Morgan fingerprint density at radius 3 is 2.76 bits per heavy atom. The van der Waals surface area contributed by atoms with Gasteiger partial charge in [-0.1, -0.05) is 26.7 Å². The normalized spacial score (nSPS) is 27.0. The molecule has 2 amide bonds. The van der Waals surface area contributed by atoms with Crippen LogP contribution in [0.4, 0.5) is 4.79 Å². The fourth-order valence-electron chi connectivity index (χ4n) is 2.32. The van der Waals surface area contributed by atoms with Gasteiger partial charge in [-0.05, 0) is 31.6 Å². The molecule has 0 bridgehead atoms. The van der Waals surface area contributed by atoms with Crippen LogP contribution in [0.15, 0.2) is 0 Å². The molecule has 0 heterocycles. The summed E-state index contributed by atoms with van der Waals surface area (Å²) in [6, 6.07) is 0.0429. The van der Waals surface area contributed by atoms with Crippen LogP contribution in [0.25, 0.3) is 0 Å². The molecule has 4 heteroatoms. The number of nitrogens with one attached hydrogen (secondary N) is 2. The summed E-state index contributed by atoms with van der Waals surface area (Å²) in [6.45, 7) is 4.24. The quantitative estimate of drug-likeness (QED) is 0.661. The Labute approximate surface area is 104 Å². The van der Waals surface area contributed by atoms with Crippen LogP contribution in [0.3, 0.4) is 0 Å². The van der Waals surface area contributed by atoms with E-state index in [1.54, 1.807) is 0 Å². The largest absolute Gasteiger partial charge is 0.394 e. The highest BCUT2D eigenvalue weighted by Gasteiger charge is 2.18. The van der Waals surface area contributed by atoms with Crippen molar-refractivity contribution in [3.05, 3.63) is 0 Å². The summed E-state index contributed by atoms with van der Waals surface area (Å²) in [5.41, 5.74) is 0. The summed E-state index contributed by atoms with van der Waals surface area (Å²) in [5.74, 6) is 0.783. The highest BCUT2D eigenvalue weighted by Crippen LogP contribution is 2.22. The molecule has 17 heavy (non-hydrogen) atoms. The third-order valence-electron chi connectivity index (χ3n) is 3.64. The van der Waals surface area contributed by atoms with E-state index in [2.05, 4.69) is 17.6 Å². The van der Waals surface area contributed by atoms with Gasteiger partial charge in [-0.15, -0.1) is 0 Å². The Balaban J connectivity index is 2.29. The Bertz CT molecular complexity index is 229. The van der Waals surface area contributed by atoms with Gasteiger partial charge < -0.3 is 15.7 Å². The molecule has 100 valence electrons. The van der Waals surface area contributed by atoms with Gasteiger partial charge in [0.2, 0.25) is 0 Å². The lowest BCUT2D eigenvalue weighted by Crippen LogP contribution is -2.47. The molecule has 1 fully saturated rings. The van der Waals surface area contributed by atoms with Crippen molar-refractivity contribution >= 4 is 6.03 Å². The summed E-state index contributed by atoms with van der Waals surface area (Å²) in [7, 11) is 0. The fraction of sp³-hybridized carbons (Fsp3) is 0.923. The van der Waals surface area contributed by atoms with Gasteiger partial charge in [0.05, 0.1) is 12.6 Å². The number of aliphatic hydroxyl groups is 1. The summed E-state index contributed by atoms with van der Waals surface area (Å²) < 4.78 is 0. The third-order valence-corrected chi connectivity index (χ3v) is 3.64. The number of carbonyl (C=O) groups excluding carboxylic acids is 1. The second kappa shape index (κ2) is 7.54. The number of carbonyl (C=O) groups is 1. The van der Waals surface area contributed by atoms with Crippen LogP contribution in [0.5, 0.6) is 0 Å². The van der Waals surface area contributed by atoms with Gasteiger partial charge in [-0.3, -0.25) is 0 Å². The number of aliphatic hydroxyl groups excluding tert-OH is 1. The molecule has 1 aliphatic carbocycles. The molecule has 1 rings (SSSR count). The zero-order valence-electron chi connectivity index (χ0n) is 11.0. The lowest BCUT2D eigenvalue weighted by atomic mass is 10.0. The monoisotopic (exact) mass is 242 g/mol. The molecule has 0 spiro atoms. The molecule has 0 unspecified atom stereocenters. The van der Waals surface area contributed by atoms with Crippen molar-refractivity contribution in [3.63, 3.8) is 0 Å². The molecule has 0 aromatic heterocycles. The van der Waals surface area contributed by atoms with Crippen LogP contribution in [0.1, 0.15) is 52.4 Å². The third kappa shape index (κ3) is 5.39. The van der Waals surface area contributed by atoms with Gasteiger partial charge in [0, 0.05) is 6.04 Å². The van der Waals surface area contributed by atoms with Gasteiger partial charge in [-0.25, -0.2) is 4.79 Å². The zero-order chi connectivity index (χ0) is 12.7. The number of rotatable bonds is 4. The van der Waals surface area contributed by atoms with E-state index in [-0.39, 0.29) is 18.7 Å². The van der Waals surface area contributed by atoms with E-state index in [0.29, 0.717) is 6.04 Å². The molecule has 0 radical (unpaired) electrons. The van der Waals surface area contributed by atoms with Crippen molar-refractivity contribution in [2.45, 2.75) is 64.5 Å². The number of amides is 2. The van der Waals surface area contributed by atoms with E-state index in [1.165, 1.54) is 19.3 Å². The number of hydrogen-bond donors (Lipinski definition) is 3. The molecule has 4 nitrogen and oxygen atoms in total. The van der Waals surface area contributed by atoms with Crippen LogP contribution >= 0.6 is 0 Å². The first-order chi connectivity index (χ1) is 8.15. The van der Waals surface area contributed by atoms with E-state index >= 15 is 0 Å². The molecule has 0 aromatic carbocycles. The van der Waals surface area contributed by atoms with Crippen molar-refractivity contribution in [1.82, 2.24) is 10.6 Å². The maximum atomic E-state index is 11.7. The zero-order valence-corrected chi connectivity index (χ0v) is 11.0. The van der Waals surface area contributed by atoms with E-state index in [4.69, 9.17) is 5.11 Å². The Kier molecular flexibility index (Phi) is 6.34. The molecule has 0 saturated heterocycles. The Morgan fingerprint density at radius 1 is 1.35 bits per heavy atom. The van der Waals surface area contributed by atoms with Crippen molar-refractivity contribution in [3.8, 4) is 0 Å². The molecule has 3 N–H and O–H groups in total. The van der Waals surface area contributed by atoms with Crippen LogP contribution < -0.4 is 10.6 Å². The summed E-state index contributed by atoms with van der Waals surface area (Å²) in [5, 5.41) is 14.8. The van der Waals surface area contributed by atoms with Crippen molar-refractivity contribution in [2.24, 2.45) is 5.92 Å². The summed E-state index contributed by atoms with van der Waals surface area (Å²) in [4.78, 5) is 11.7. The maximum Gasteiger partial charge on any atom is 0.315 e. The number of hydrogen-bond acceptors (Lipinski definition) is 2. The topological polar surface area (TPSA) is 61.4 Å². The summed E-state index contributed by atoms with van der Waals surface area (Å²) in [6.07, 6.45) is 6.57. The Morgan fingerprint density at radius 2 is 2.12 bits per heavy atom. The molecule has 1 saturated carbocycles. The SMILES string of the molecule is CC[C@H](CO)NC(=O)N[C@H]1CCC[C@@H](C)CC1. The van der Waals surface area contributed by atoms with Gasteiger partial charge in [0.1, 0.15) is 0 Å². The number of urea groups is 1. The lowest BCUT2D eigenvalue weighted by Gasteiger charge is -2.20. The fourth-order valence-corrected chi connectivity index (χ4v) is 2.32. The first-order valence-electron chi connectivity index (χ1n) is 6.83. The van der Waals surface area contributed by atoms with E-state index < -0.39 is 0 Å². The van der Waals surface area contributed by atoms with Gasteiger partial charge in [0.15, 0.2) is 0 Å². The van der Waals surface area contributed by atoms with Crippen LogP contribution in [-0.4, -0.2) is 29.8 Å². The van der Waals surface area contributed by atoms with E-state index in [0.717, 1.165) is 25.2 Å². The van der Waals surface area contributed by atoms with Crippen LogP contribution in [0.2, 0.25) is 0 Å². The van der Waals surface area contributed by atoms with Crippen LogP contribution in [-0.2, 0) is 0 Å². The van der Waals surface area contributed by atoms with Crippen LogP contribution in [0, 0.1) is 5.92 Å². The van der Waals surface area contributed by atoms with E-state index in [9.17, 15) is 4.79 Å². The smallest absolute Gasteiger partial charge is 0.315 e. The summed E-state index contributed by atoms with van der Waals surface area (Å²) >= 11 is 0. The highest BCUT2D eigenvalue weighted by atomic mass is 16.3. The first kappa shape index (κ1) is 14.3. The molecule has 0 aliphatic heterocycles.